The average molecular weight is 375 g/mol. The molecule has 0 radical (unpaired) electrons. The van der Waals surface area contributed by atoms with E-state index in [1.54, 1.807) is 13.1 Å². The van der Waals surface area contributed by atoms with E-state index in [2.05, 4.69) is 0 Å². The molecule has 0 bridgehead atoms. The molecule has 1 rings (SSSR count). The first-order valence-corrected chi connectivity index (χ1v) is 9.34. The summed E-state index contributed by atoms with van der Waals surface area (Å²) in [4.78, 5) is 11.0. The molecule has 0 aromatic rings. The first-order valence-electron chi connectivity index (χ1n) is 6.45. The Kier molecular flexibility index (Phi) is 4.61. The van der Waals surface area contributed by atoms with E-state index in [0.717, 1.165) is 0 Å². The number of amides is 1. The molecule has 0 aromatic carbocycles. The van der Waals surface area contributed by atoms with Crippen molar-refractivity contribution in [2.45, 2.75) is 55.0 Å². The zero-order chi connectivity index (χ0) is 18.6. The number of hydrogen-bond acceptors (Lipinski definition) is 1. The van der Waals surface area contributed by atoms with Crippen molar-refractivity contribution in [2.75, 3.05) is 7.05 Å². The number of carbonyl (C=O) groups is 1. The zero-order valence-corrected chi connectivity index (χ0v) is 13.4. The van der Waals surface area contributed by atoms with E-state index >= 15 is 0 Å². The summed E-state index contributed by atoms with van der Waals surface area (Å²) < 4.78 is 116. The van der Waals surface area contributed by atoms with Crippen LogP contribution in [0.15, 0.2) is 0 Å². The molecule has 0 saturated heterocycles. The summed E-state index contributed by atoms with van der Waals surface area (Å²) in [5.74, 6) is -15.3. The normalized spacial score (nSPS) is 19.0. The van der Waals surface area contributed by atoms with Crippen LogP contribution in [0, 0.1) is 0 Å². The maximum atomic E-state index is 13.7. The van der Waals surface area contributed by atoms with E-state index in [-0.39, 0.29) is 19.9 Å². The molecule has 1 saturated carbocycles. The van der Waals surface area contributed by atoms with E-state index in [9.17, 15) is 44.3 Å². The number of nitrogens with zero attached hydrogens (tertiary/aromatic N) is 1. The standard InChI is InChI=1S/C11H14F9NOSi/c1-21(6(22)7(4-5-7)23(2)3)11(19,20)9(14,15)8(12,13)10(16,17)18/h23H,4-5H2,1-3H3. The highest BCUT2D eigenvalue weighted by atomic mass is 28.3. The minimum Gasteiger partial charge on any atom is -0.281 e. The molecule has 1 aliphatic carbocycles. The van der Waals surface area contributed by atoms with Gasteiger partial charge in [0.15, 0.2) is 0 Å². The maximum absolute atomic E-state index is 13.7. The molecule has 0 aromatic heterocycles. The first kappa shape index (κ1) is 20.1. The van der Waals surface area contributed by atoms with Gasteiger partial charge in [0, 0.05) is 20.9 Å². The minimum atomic E-state index is -7.00. The Labute approximate surface area is 127 Å². The third-order valence-corrected chi connectivity index (χ3v) is 7.21. The topological polar surface area (TPSA) is 20.3 Å². The monoisotopic (exact) mass is 375 g/mol. The lowest BCUT2D eigenvalue weighted by Crippen LogP contribution is -2.67. The van der Waals surface area contributed by atoms with Crippen LogP contribution >= 0.6 is 0 Å². The Morgan fingerprint density at radius 3 is 1.57 bits per heavy atom. The van der Waals surface area contributed by atoms with Crippen molar-refractivity contribution in [3.63, 3.8) is 0 Å². The maximum Gasteiger partial charge on any atom is 0.460 e. The van der Waals surface area contributed by atoms with E-state index in [1.807, 2.05) is 0 Å². The summed E-state index contributed by atoms with van der Waals surface area (Å²) in [6.07, 6.45) is -6.65. The predicted octanol–water partition coefficient (Wildman–Crippen LogP) is 3.89. The van der Waals surface area contributed by atoms with Crippen LogP contribution in [-0.4, -0.2) is 50.7 Å². The van der Waals surface area contributed by atoms with Gasteiger partial charge < -0.3 is 0 Å². The fourth-order valence-corrected chi connectivity index (χ4v) is 4.20. The second-order valence-electron chi connectivity index (χ2n) is 5.86. The summed E-state index contributed by atoms with van der Waals surface area (Å²) in [5.41, 5.74) is 0. The molecule has 0 atom stereocenters. The fraction of sp³-hybridized carbons (Fsp3) is 0.909. The van der Waals surface area contributed by atoms with Gasteiger partial charge in [-0.05, 0) is 12.8 Å². The van der Waals surface area contributed by atoms with Gasteiger partial charge in [-0.3, -0.25) is 9.69 Å². The van der Waals surface area contributed by atoms with Crippen LogP contribution in [-0.2, 0) is 4.79 Å². The molecular formula is C11H14F9NOSi. The van der Waals surface area contributed by atoms with E-state index in [1.165, 1.54) is 0 Å². The average Bonchev–Trinajstić information content (AvgIpc) is 3.16. The van der Waals surface area contributed by atoms with Crippen molar-refractivity contribution in [3.8, 4) is 0 Å². The van der Waals surface area contributed by atoms with Gasteiger partial charge in [0.1, 0.15) is 0 Å². The van der Waals surface area contributed by atoms with E-state index in [4.69, 9.17) is 0 Å². The number of carbonyl (C=O) groups excluding carboxylic acids is 1. The zero-order valence-electron chi connectivity index (χ0n) is 12.2. The smallest absolute Gasteiger partial charge is 0.281 e. The van der Waals surface area contributed by atoms with Crippen LogP contribution in [0.25, 0.3) is 0 Å². The van der Waals surface area contributed by atoms with Gasteiger partial charge in [-0.2, -0.15) is 39.5 Å². The lowest BCUT2D eigenvalue weighted by Gasteiger charge is -2.39. The highest BCUT2D eigenvalue weighted by Crippen LogP contribution is 2.60. The van der Waals surface area contributed by atoms with Crippen LogP contribution in [0.2, 0.25) is 18.1 Å². The molecule has 0 spiro atoms. The molecule has 23 heavy (non-hydrogen) atoms. The Balaban J connectivity index is 3.22. The third kappa shape index (κ3) is 2.72. The van der Waals surface area contributed by atoms with Gasteiger partial charge in [-0.25, -0.2) is 0 Å². The molecule has 2 nitrogen and oxygen atoms in total. The molecule has 0 aliphatic heterocycles. The summed E-state index contributed by atoms with van der Waals surface area (Å²) in [5, 5.41) is -1.30. The number of hydrogen-bond donors (Lipinski definition) is 0. The number of rotatable bonds is 5. The van der Waals surface area contributed by atoms with Crippen molar-refractivity contribution in [3.05, 3.63) is 0 Å². The summed E-state index contributed by atoms with van der Waals surface area (Å²) >= 11 is 0. The second kappa shape index (κ2) is 5.28. The Morgan fingerprint density at radius 2 is 1.30 bits per heavy atom. The molecule has 0 N–H and O–H groups in total. The molecular weight excluding hydrogens is 361 g/mol. The Morgan fingerprint density at radius 1 is 0.913 bits per heavy atom. The summed E-state index contributed by atoms with van der Waals surface area (Å²) in [6, 6.07) is -6.00. The van der Waals surface area contributed by atoms with Crippen molar-refractivity contribution in [1.29, 1.82) is 0 Å². The molecule has 1 fully saturated rings. The Bertz CT molecular complexity index is 484. The predicted molar refractivity (Wildman–Crippen MR) is 64.5 cm³/mol. The highest BCUT2D eigenvalue weighted by molar-refractivity contribution is 6.65. The van der Waals surface area contributed by atoms with Gasteiger partial charge in [-0.1, -0.05) is 13.1 Å². The molecule has 12 heteroatoms. The minimum absolute atomic E-state index is 0.111. The first-order chi connectivity index (χ1) is 9.97. The van der Waals surface area contributed by atoms with E-state index < -0.39 is 48.7 Å². The van der Waals surface area contributed by atoms with Crippen molar-refractivity contribution < 1.29 is 44.3 Å². The van der Waals surface area contributed by atoms with Crippen LogP contribution in [0.1, 0.15) is 12.8 Å². The van der Waals surface area contributed by atoms with Crippen LogP contribution < -0.4 is 0 Å². The van der Waals surface area contributed by atoms with Gasteiger partial charge in [-0.15, -0.1) is 0 Å². The van der Waals surface area contributed by atoms with Gasteiger partial charge in [0.05, 0.1) is 0 Å². The largest absolute Gasteiger partial charge is 0.460 e. The van der Waals surface area contributed by atoms with Crippen LogP contribution in [0.3, 0.4) is 0 Å². The van der Waals surface area contributed by atoms with Gasteiger partial charge in [0.2, 0.25) is 5.91 Å². The molecule has 1 aliphatic rings. The molecule has 0 heterocycles. The van der Waals surface area contributed by atoms with Crippen molar-refractivity contribution in [2.24, 2.45) is 0 Å². The second-order valence-corrected chi connectivity index (χ2v) is 9.28. The molecule has 136 valence electrons. The van der Waals surface area contributed by atoms with Crippen molar-refractivity contribution >= 4 is 14.7 Å². The highest BCUT2D eigenvalue weighted by Gasteiger charge is 2.83. The number of halogens is 9. The third-order valence-electron chi connectivity index (χ3n) is 4.17. The quantitative estimate of drug-likeness (QED) is 0.406. The lowest BCUT2D eigenvalue weighted by molar-refractivity contribution is -0.413. The van der Waals surface area contributed by atoms with Crippen LogP contribution in [0.5, 0.6) is 0 Å². The van der Waals surface area contributed by atoms with Crippen LogP contribution in [0.4, 0.5) is 39.5 Å². The van der Waals surface area contributed by atoms with Gasteiger partial charge in [0.25, 0.3) is 0 Å². The fourth-order valence-electron chi connectivity index (χ4n) is 2.21. The van der Waals surface area contributed by atoms with Gasteiger partial charge >= 0.3 is 24.1 Å². The number of alkyl halides is 9. The summed E-state index contributed by atoms with van der Waals surface area (Å²) in [7, 11) is -1.85. The molecule has 1 amide bonds. The lowest BCUT2D eigenvalue weighted by atomic mass is 10.1. The SMILES string of the molecule is CN(C(=O)C1([SiH](C)C)CC1)C(F)(F)C(F)(F)C(F)(F)C(F)(F)F. The molecule has 0 unspecified atom stereocenters. The van der Waals surface area contributed by atoms with E-state index in [0.29, 0.717) is 0 Å². The summed E-state index contributed by atoms with van der Waals surface area (Å²) in [6.45, 7) is 3.14. The van der Waals surface area contributed by atoms with Crippen molar-refractivity contribution in [1.82, 2.24) is 4.90 Å². The Hall–Kier alpha value is -0.943.